The Morgan fingerprint density at radius 2 is 2.18 bits per heavy atom. The Labute approximate surface area is 137 Å². The third-order valence-electron chi connectivity index (χ3n) is 2.91. The van der Waals surface area contributed by atoms with E-state index in [4.69, 9.17) is 33.8 Å². The Kier molecular flexibility index (Phi) is 5.41. The molecule has 1 aromatic carbocycles. The smallest absolute Gasteiger partial charge is 0.336 e. The maximum atomic E-state index is 11.6. The van der Waals surface area contributed by atoms with Crippen LogP contribution in [0.5, 0.6) is 0 Å². The molecule has 0 fully saturated rings. The van der Waals surface area contributed by atoms with Crippen LogP contribution in [0.25, 0.3) is 0 Å². The second kappa shape index (κ2) is 7.29. The van der Waals surface area contributed by atoms with Gasteiger partial charge in [-0.2, -0.15) is 5.10 Å². The van der Waals surface area contributed by atoms with Gasteiger partial charge in [0.15, 0.2) is 5.84 Å². The summed E-state index contributed by atoms with van der Waals surface area (Å²) < 4.78 is 1.70. The number of nitrogens with two attached hydrogens (primary N) is 1. The number of hydrogen-bond acceptors (Lipinski definition) is 4. The molecule has 116 valence electrons. The van der Waals surface area contributed by atoms with Crippen molar-refractivity contribution in [2.24, 2.45) is 10.9 Å². The molecule has 1 heterocycles. The molecule has 2 rings (SSSR count). The van der Waals surface area contributed by atoms with E-state index in [1.807, 2.05) is 13.0 Å². The van der Waals surface area contributed by atoms with Crippen LogP contribution in [0.15, 0.2) is 35.6 Å². The average molecular weight is 341 g/mol. The second-order valence-electron chi connectivity index (χ2n) is 4.51. The van der Waals surface area contributed by atoms with Crippen LogP contribution in [0.2, 0.25) is 10.0 Å². The molecule has 2 aromatic rings. The van der Waals surface area contributed by atoms with Crippen LogP contribution in [-0.4, -0.2) is 21.6 Å². The monoisotopic (exact) mass is 340 g/mol. The molecule has 0 aliphatic carbocycles. The summed E-state index contributed by atoms with van der Waals surface area (Å²) in [5, 5.41) is 8.47. The summed E-state index contributed by atoms with van der Waals surface area (Å²) >= 11 is 11.8. The van der Waals surface area contributed by atoms with Crippen LogP contribution < -0.4 is 5.73 Å². The van der Waals surface area contributed by atoms with Gasteiger partial charge in [0.25, 0.3) is 0 Å². The molecule has 0 aliphatic heterocycles. The zero-order chi connectivity index (χ0) is 16.1. The van der Waals surface area contributed by atoms with Crippen LogP contribution in [-0.2, 0) is 16.2 Å². The molecular formula is C14H14Cl2N4O2. The molecule has 0 bridgehead atoms. The van der Waals surface area contributed by atoms with Crippen LogP contribution in [0.3, 0.4) is 0 Å². The van der Waals surface area contributed by atoms with Crippen molar-refractivity contribution in [1.29, 1.82) is 0 Å². The first-order valence-corrected chi connectivity index (χ1v) is 7.20. The maximum absolute atomic E-state index is 11.6. The zero-order valence-corrected chi connectivity index (χ0v) is 13.3. The number of aromatic nitrogens is 2. The minimum atomic E-state index is -0.511. The van der Waals surface area contributed by atoms with Gasteiger partial charge in [-0.05, 0) is 31.2 Å². The molecule has 22 heavy (non-hydrogen) atoms. The van der Waals surface area contributed by atoms with Gasteiger partial charge in [0, 0.05) is 22.5 Å². The number of amidine groups is 1. The van der Waals surface area contributed by atoms with Crippen molar-refractivity contribution in [1.82, 2.24) is 9.78 Å². The van der Waals surface area contributed by atoms with Gasteiger partial charge in [0.05, 0.1) is 18.0 Å². The highest BCUT2D eigenvalue weighted by Crippen LogP contribution is 2.20. The number of halogens is 2. The minimum absolute atomic E-state index is 0.00489. The van der Waals surface area contributed by atoms with E-state index in [0.29, 0.717) is 22.2 Å². The molecular weight excluding hydrogens is 327 g/mol. The van der Waals surface area contributed by atoms with Crippen molar-refractivity contribution in [2.45, 2.75) is 19.9 Å². The van der Waals surface area contributed by atoms with Crippen molar-refractivity contribution in [3.05, 3.63) is 51.8 Å². The van der Waals surface area contributed by atoms with Gasteiger partial charge < -0.3 is 10.6 Å². The van der Waals surface area contributed by atoms with E-state index in [-0.39, 0.29) is 12.3 Å². The number of hydrogen-bond donors (Lipinski definition) is 1. The summed E-state index contributed by atoms with van der Waals surface area (Å²) in [7, 11) is 0. The zero-order valence-electron chi connectivity index (χ0n) is 11.8. The summed E-state index contributed by atoms with van der Waals surface area (Å²) in [6, 6.07) is 6.60. The molecule has 2 N–H and O–H groups in total. The second-order valence-corrected chi connectivity index (χ2v) is 5.35. The molecule has 0 amide bonds. The lowest BCUT2D eigenvalue weighted by Crippen LogP contribution is -2.16. The van der Waals surface area contributed by atoms with E-state index >= 15 is 0 Å². The van der Waals surface area contributed by atoms with E-state index in [1.165, 1.54) is 6.07 Å². The lowest BCUT2D eigenvalue weighted by molar-refractivity contribution is -0.143. The van der Waals surface area contributed by atoms with Gasteiger partial charge in [0.2, 0.25) is 0 Å². The molecule has 0 aliphatic rings. The Morgan fingerprint density at radius 3 is 2.82 bits per heavy atom. The van der Waals surface area contributed by atoms with Crippen molar-refractivity contribution in [2.75, 3.05) is 0 Å². The molecule has 0 spiro atoms. The normalized spacial score (nSPS) is 11.5. The van der Waals surface area contributed by atoms with E-state index in [9.17, 15) is 4.79 Å². The molecule has 8 heteroatoms. The van der Waals surface area contributed by atoms with E-state index < -0.39 is 5.97 Å². The topological polar surface area (TPSA) is 82.5 Å². The third kappa shape index (κ3) is 4.22. The maximum Gasteiger partial charge on any atom is 0.336 e. The number of benzene rings is 1. The van der Waals surface area contributed by atoms with Crippen molar-refractivity contribution >= 4 is 35.0 Å². The molecule has 0 unspecified atom stereocenters. The highest BCUT2D eigenvalue weighted by Gasteiger charge is 2.09. The summed E-state index contributed by atoms with van der Waals surface area (Å²) in [6.45, 7) is 2.31. The van der Waals surface area contributed by atoms with E-state index in [0.717, 1.165) is 5.69 Å². The number of carbonyl (C=O) groups is 1. The summed E-state index contributed by atoms with van der Waals surface area (Å²) in [5.74, 6) is -0.506. The highest BCUT2D eigenvalue weighted by molar-refractivity contribution is 6.36. The fourth-order valence-corrected chi connectivity index (χ4v) is 2.23. The Bertz CT molecular complexity index is 713. The van der Waals surface area contributed by atoms with Gasteiger partial charge in [-0.25, -0.2) is 4.79 Å². The highest BCUT2D eigenvalue weighted by atomic mass is 35.5. The van der Waals surface area contributed by atoms with E-state index in [1.54, 1.807) is 23.0 Å². The predicted octanol–water partition coefficient (Wildman–Crippen LogP) is 2.75. The Hall–Kier alpha value is -2.05. The molecule has 0 saturated heterocycles. The van der Waals surface area contributed by atoms with Crippen molar-refractivity contribution in [3.63, 3.8) is 0 Å². The number of carbonyl (C=O) groups excluding carboxylic acids is 1. The first kappa shape index (κ1) is 16.3. The molecule has 0 atom stereocenters. The number of nitrogens with zero attached hydrogens (tertiary/aromatic N) is 3. The van der Waals surface area contributed by atoms with Crippen LogP contribution >= 0.6 is 23.2 Å². The quantitative estimate of drug-likeness (QED) is 0.392. The van der Waals surface area contributed by atoms with Crippen molar-refractivity contribution < 1.29 is 9.63 Å². The Balaban J connectivity index is 1.92. The predicted molar refractivity (Wildman–Crippen MR) is 84.9 cm³/mol. The first-order valence-electron chi connectivity index (χ1n) is 6.44. The fraction of sp³-hybridized carbons (Fsp3) is 0.214. The number of oxime groups is 1. The summed E-state index contributed by atoms with van der Waals surface area (Å²) in [4.78, 5) is 16.4. The van der Waals surface area contributed by atoms with E-state index in [2.05, 4.69) is 10.3 Å². The fourth-order valence-electron chi connectivity index (χ4n) is 1.72. The van der Waals surface area contributed by atoms with Gasteiger partial charge in [-0.15, -0.1) is 0 Å². The molecule has 0 radical (unpaired) electrons. The first-order chi connectivity index (χ1) is 10.5. The van der Waals surface area contributed by atoms with Crippen LogP contribution in [0.1, 0.15) is 17.7 Å². The summed E-state index contributed by atoms with van der Waals surface area (Å²) in [6.07, 6.45) is 1.80. The number of aryl methyl sites for hydroxylation is 2. The molecule has 0 saturated carbocycles. The lowest BCUT2D eigenvalue weighted by Gasteiger charge is -2.05. The van der Waals surface area contributed by atoms with Crippen molar-refractivity contribution in [3.8, 4) is 0 Å². The van der Waals surface area contributed by atoms with Gasteiger partial charge in [0.1, 0.15) is 0 Å². The minimum Gasteiger partial charge on any atom is -0.380 e. The lowest BCUT2D eigenvalue weighted by atomic mass is 10.2. The molecule has 6 nitrogen and oxygen atoms in total. The number of rotatable bonds is 5. The van der Waals surface area contributed by atoms with Gasteiger partial charge in [-0.1, -0.05) is 28.4 Å². The van der Waals surface area contributed by atoms with Gasteiger partial charge >= 0.3 is 5.97 Å². The summed E-state index contributed by atoms with van der Waals surface area (Å²) in [5.41, 5.74) is 7.14. The largest absolute Gasteiger partial charge is 0.380 e. The Morgan fingerprint density at radius 1 is 1.41 bits per heavy atom. The third-order valence-corrected chi connectivity index (χ3v) is 3.46. The molecule has 1 aromatic heterocycles. The standard InChI is InChI=1S/C14H14Cl2N4O2/c1-9-4-6-18-20(9)7-5-13(21)22-19-14(17)11-3-2-10(15)8-12(11)16/h2-4,6,8H,5,7H2,1H3,(H2,17,19). The SMILES string of the molecule is Cc1ccnn1CCC(=O)O/N=C(\N)c1ccc(Cl)cc1Cl. The average Bonchev–Trinajstić information content (AvgIpc) is 2.88. The van der Waals surface area contributed by atoms with Crippen LogP contribution in [0, 0.1) is 6.92 Å². The van der Waals surface area contributed by atoms with Crippen LogP contribution in [0.4, 0.5) is 0 Å². The van der Waals surface area contributed by atoms with Gasteiger partial charge in [-0.3, -0.25) is 4.68 Å².